The third kappa shape index (κ3) is 3.07. The molecule has 0 radical (unpaired) electrons. The number of rotatable bonds is 3. The molecule has 1 aromatic heterocycles. The molecule has 6 nitrogen and oxygen atoms in total. The minimum absolute atomic E-state index is 0.0380. The van der Waals surface area contributed by atoms with E-state index in [4.69, 9.17) is 4.74 Å². The molecule has 1 aliphatic heterocycles. The summed E-state index contributed by atoms with van der Waals surface area (Å²) < 4.78 is 7.41. The number of amides is 1. The molecule has 0 saturated carbocycles. The predicted octanol–water partition coefficient (Wildman–Crippen LogP) is 0.236. The van der Waals surface area contributed by atoms with E-state index in [9.17, 15) is 4.79 Å². The molecule has 2 heterocycles. The Morgan fingerprint density at radius 2 is 2.26 bits per heavy atom. The lowest BCUT2D eigenvalue weighted by Crippen LogP contribution is -2.52. The van der Waals surface area contributed by atoms with Crippen molar-refractivity contribution in [3.63, 3.8) is 0 Å². The molecule has 1 atom stereocenters. The van der Waals surface area contributed by atoms with Gasteiger partial charge in [0.25, 0.3) is 5.91 Å². The smallest absolute Gasteiger partial charge is 0.260 e. The fraction of sp³-hybridized carbons (Fsp3) is 0.692. The van der Waals surface area contributed by atoms with E-state index in [0.717, 1.165) is 36.8 Å². The van der Waals surface area contributed by atoms with Crippen molar-refractivity contribution in [3.05, 3.63) is 11.4 Å². The molecule has 1 fully saturated rings. The van der Waals surface area contributed by atoms with Crippen LogP contribution < -0.4 is 10.1 Å². The van der Waals surface area contributed by atoms with Gasteiger partial charge in [-0.25, -0.2) is 0 Å². The van der Waals surface area contributed by atoms with Gasteiger partial charge in [-0.15, -0.1) is 0 Å². The van der Waals surface area contributed by atoms with Crippen LogP contribution in [0.2, 0.25) is 0 Å². The minimum Gasteiger partial charge on any atom is -0.480 e. The zero-order chi connectivity index (χ0) is 14.0. The zero-order valence-electron chi connectivity index (χ0n) is 12.1. The van der Waals surface area contributed by atoms with Crippen LogP contribution in [0.4, 0.5) is 0 Å². The summed E-state index contributed by atoms with van der Waals surface area (Å²) in [5.41, 5.74) is 1.76. The number of nitrogens with zero attached hydrogens (tertiary/aromatic N) is 3. The highest BCUT2D eigenvalue weighted by Crippen LogP contribution is 2.21. The molecular formula is C13H22N4O2. The largest absolute Gasteiger partial charge is 0.480 e. The molecule has 2 rings (SSSR count). The molecule has 106 valence electrons. The molecule has 1 amide bonds. The van der Waals surface area contributed by atoms with E-state index >= 15 is 0 Å². The fourth-order valence-corrected chi connectivity index (χ4v) is 2.35. The number of nitrogens with one attached hydrogen (secondary N) is 1. The van der Waals surface area contributed by atoms with E-state index in [0.29, 0.717) is 6.04 Å². The Morgan fingerprint density at radius 1 is 1.53 bits per heavy atom. The summed E-state index contributed by atoms with van der Waals surface area (Å²) >= 11 is 0. The average molecular weight is 266 g/mol. The third-order valence-corrected chi connectivity index (χ3v) is 3.50. The number of aromatic nitrogens is 2. The van der Waals surface area contributed by atoms with Crippen LogP contribution in [-0.4, -0.2) is 52.9 Å². The molecule has 1 aliphatic rings. The Kier molecular flexibility index (Phi) is 4.09. The summed E-state index contributed by atoms with van der Waals surface area (Å²) in [6.45, 7) is 8.32. The van der Waals surface area contributed by atoms with Gasteiger partial charge in [0.1, 0.15) is 5.69 Å². The van der Waals surface area contributed by atoms with Gasteiger partial charge in [0.15, 0.2) is 12.4 Å². The fourth-order valence-electron chi connectivity index (χ4n) is 2.35. The first kappa shape index (κ1) is 13.9. The maximum absolute atomic E-state index is 12.1. The van der Waals surface area contributed by atoms with Crippen molar-refractivity contribution >= 4 is 5.91 Å². The Balaban J connectivity index is 1.93. The molecule has 0 spiro atoms. The normalized spacial score (nSPS) is 19.6. The van der Waals surface area contributed by atoms with Gasteiger partial charge in [0.2, 0.25) is 0 Å². The summed E-state index contributed by atoms with van der Waals surface area (Å²) in [6.07, 6.45) is 0. The third-order valence-electron chi connectivity index (χ3n) is 3.50. The summed E-state index contributed by atoms with van der Waals surface area (Å²) in [4.78, 5) is 13.9. The van der Waals surface area contributed by atoms with Gasteiger partial charge in [0, 0.05) is 32.7 Å². The predicted molar refractivity (Wildman–Crippen MR) is 72.2 cm³/mol. The topological polar surface area (TPSA) is 59.4 Å². The van der Waals surface area contributed by atoms with Gasteiger partial charge in [-0.05, 0) is 20.8 Å². The van der Waals surface area contributed by atoms with E-state index in [1.807, 2.05) is 25.8 Å². The van der Waals surface area contributed by atoms with Crippen LogP contribution in [0.5, 0.6) is 5.75 Å². The number of hydrogen-bond acceptors (Lipinski definition) is 4. The number of carbonyl (C=O) groups is 1. The number of aryl methyl sites for hydroxylation is 2. The summed E-state index contributed by atoms with van der Waals surface area (Å²) in [6, 6.07) is 0.347. The van der Waals surface area contributed by atoms with Gasteiger partial charge in [-0.3, -0.25) is 9.48 Å². The lowest BCUT2D eigenvalue weighted by atomic mass is 10.2. The lowest BCUT2D eigenvalue weighted by Gasteiger charge is -2.31. The molecule has 1 unspecified atom stereocenters. The van der Waals surface area contributed by atoms with E-state index in [1.54, 1.807) is 4.68 Å². The Morgan fingerprint density at radius 3 is 2.84 bits per heavy atom. The monoisotopic (exact) mass is 266 g/mol. The Hall–Kier alpha value is -1.56. The van der Waals surface area contributed by atoms with Gasteiger partial charge in [0.05, 0.1) is 5.69 Å². The highest BCUT2D eigenvalue weighted by Gasteiger charge is 2.21. The van der Waals surface area contributed by atoms with Crippen molar-refractivity contribution in [2.24, 2.45) is 7.05 Å². The van der Waals surface area contributed by atoms with Crippen molar-refractivity contribution in [1.29, 1.82) is 0 Å². The molecule has 1 aromatic rings. The van der Waals surface area contributed by atoms with E-state index in [1.165, 1.54) is 0 Å². The lowest BCUT2D eigenvalue weighted by molar-refractivity contribution is -0.134. The Bertz CT molecular complexity index is 469. The van der Waals surface area contributed by atoms with Gasteiger partial charge < -0.3 is 15.0 Å². The molecule has 6 heteroatoms. The SMILES string of the molecule is Cc1nn(C)c(C)c1OCC(=O)N1CCNC(C)C1. The first-order chi connectivity index (χ1) is 8.99. The number of ether oxygens (including phenoxy) is 1. The summed E-state index contributed by atoms with van der Waals surface area (Å²) in [5, 5.41) is 7.58. The number of hydrogen-bond donors (Lipinski definition) is 1. The first-order valence-corrected chi connectivity index (χ1v) is 6.63. The Labute approximate surface area is 113 Å². The molecule has 0 aliphatic carbocycles. The summed E-state index contributed by atoms with van der Waals surface area (Å²) in [7, 11) is 1.87. The van der Waals surface area contributed by atoms with Crippen LogP contribution in [0.3, 0.4) is 0 Å². The van der Waals surface area contributed by atoms with E-state index in [-0.39, 0.29) is 12.5 Å². The quantitative estimate of drug-likeness (QED) is 0.851. The maximum atomic E-state index is 12.1. The van der Waals surface area contributed by atoms with Crippen molar-refractivity contribution in [1.82, 2.24) is 20.0 Å². The first-order valence-electron chi connectivity index (χ1n) is 6.63. The van der Waals surface area contributed by atoms with Crippen molar-refractivity contribution in [3.8, 4) is 5.75 Å². The molecule has 0 aromatic carbocycles. The van der Waals surface area contributed by atoms with Crippen LogP contribution in [0.1, 0.15) is 18.3 Å². The second kappa shape index (κ2) is 5.61. The molecular weight excluding hydrogens is 244 g/mol. The summed E-state index contributed by atoms with van der Waals surface area (Å²) in [5.74, 6) is 0.759. The van der Waals surface area contributed by atoms with Crippen LogP contribution >= 0.6 is 0 Å². The molecule has 19 heavy (non-hydrogen) atoms. The minimum atomic E-state index is 0.0380. The standard InChI is InChI=1S/C13H22N4O2/c1-9-7-17(6-5-14-9)12(18)8-19-13-10(2)15-16(4)11(13)3/h9,14H,5-8H2,1-4H3. The molecule has 0 bridgehead atoms. The molecule has 1 saturated heterocycles. The van der Waals surface area contributed by atoms with Gasteiger partial charge >= 0.3 is 0 Å². The van der Waals surface area contributed by atoms with Crippen molar-refractivity contribution < 1.29 is 9.53 Å². The van der Waals surface area contributed by atoms with Gasteiger partial charge in [-0.1, -0.05) is 0 Å². The second-order valence-corrected chi connectivity index (χ2v) is 5.11. The highest BCUT2D eigenvalue weighted by atomic mass is 16.5. The van der Waals surface area contributed by atoms with Crippen LogP contribution in [0.25, 0.3) is 0 Å². The second-order valence-electron chi connectivity index (χ2n) is 5.11. The van der Waals surface area contributed by atoms with Crippen molar-refractivity contribution in [2.75, 3.05) is 26.2 Å². The zero-order valence-corrected chi connectivity index (χ0v) is 12.1. The van der Waals surface area contributed by atoms with Crippen LogP contribution in [-0.2, 0) is 11.8 Å². The van der Waals surface area contributed by atoms with Crippen molar-refractivity contribution in [2.45, 2.75) is 26.8 Å². The number of piperazine rings is 1. The molecule has 1 N–H and O–H groups in total. The maximum Gasteiger partial charge on any atom is 0.260 e. The van der Waals surface area contributed by atoms with E-state index in [2.05, 4.69) is 17.3 Å². The van der Waals surface area contributed by atoms with E-state index < -0.39 is 0 Å². The van der Waals surface area contributed by atoms with Crippen LogP contribution in [0, 0.1) is 13.8 Å². The highest BCUT2D eigenvalue weighted by molar-refractivity contribution is 5.78. The van der Waals surface area contributed by atoms with Gasteiger partial charge in [-0.2, -0.15) is 5.10 Å². The average Bonchev–Trinajstić information content (AvgIpc) is 2.61. The number of carbonyl (C=O) groups excluding carboxylic acids is 1. The van der Waals surface area contributed by atoms with Crippen LogP contribution in [0.15, 0.2) is 0 Å².